The molecule has 0 bridgehead atoms. The summed E-state index contributed by atoms with van der Waals surface area (Å²) >= 11 is 0. The molecule has 0 aliphatic carbocycles. The molecule has 2 aromatic heterocycles. The van der Waals surface area contributed by atoms with Crippen molar-refractivity contribution >= 4 is 65.0 Å². The number of rotatable bonds is 9. The van der Waals surface area contributed by atoms with Gasteiger partial charge in [-0.15, -0.1) is 0 Å². The van der Waals surface area contributed by atoms with Crippen LogP contribution >= 0.6 is 0 Å². The van der Waals surface area contributed by atoms with Gasteiger partial charge in [-0.2, -0.15) is 0 Å². The standard InChI is InChI=1S/C26H32FN5O3SSi.Li.H/c1-17-14-29-26(30-21-10-7-11-22(23(21)27)36(2,33)34)31-24(17)19-15-32(16-35-12-13-37(3,4)5)25-18(19)8-6-9-20(25)28;;/h6-11,14-15H,12-13,16,28H2,1-5H3,(H,29,30,31);;. The van der Waals surface area contributed by atoms with E-state index >= 15 is 0 Å². The summed E-state index contributed by atoms with van der Waals surface area (Å²) in [6, 6.07) is 10.9. The van der Waals surface area contributed by atoms with Crippen LogP contribution in [0.2, 0.25) is 25.7 Å². The maximum atomic E-state index is 14.9. The molecule has 3 N–H and O–H groups in total. The van der Waals surface area contributed by atoms with Crippen molar-refractivity contribution in [2.24, 2.45) is 0 Å². The fourth-order valence-electron chi connectivity index (χ4n) is 4.01. The van der Waals surface area contributed by atoms with Crippen LogP contribution in [0.25, 0.3) is 22.2 Å². The van der Waals surface area contributed by atoms with E-state index in [0.717, 1.165) is 34.3 Å². The number of ether oxygens (including phenoxy) is 1. The summed E-state index contributed by atoms with van der Waals surface area (Å²) in [5, 5.41) is 3.74. The molecule has 0 aliphatic rings. The van der Waals surface area contributed by atoms with Gasteiger partial charge in [0.25, 0.3) is 0 Å². The van der Waals surface area contributed by atoms with Crippen molar-refractivity contribution in [3.05, 3.63) is 60.2 Å². The normalized spacial score (nSPS) is 11.9. The van der Waals surface area contributed by atoms with Crippen LogP contribution in [-0.2, 0) is 21.3 Å². The number of halogens is 1. The molecule has 0 unspecified atom stereocenters. The van der Waals surface area contributed by atoms with E-state index in [1.165, 1.54) is 18.2 Å². The zero-order valence-electron chi connectivity index (χ0n) is 21.7. The van der Waals surface area contributed by atoms with Crippen molar-refractivity contribution in [2.45, 2.75) is 44.2 Å². The molecule has 198 valence electrons. The summed E-state index contributed by atoms with van der Waals surface area (Å²) in [4.78, 5) is 8.56. The second-order valence-electron chi connectivity index (χ2n) is 10.3. The monoisotopic (exact) mass is 549 g/mol. The van der Waals surface area contributed by atoms with E-state index in [9.17, 15) is 12.8 Å². The van der Waals surface area contributed by atoms with E-state index in [2.05, 4.69) is 34.9 Å². The van der Waals surface area contributed by atoms with Gasteiger partial charge in [-0.05, 0) is 36.7 Å². The molecule has 0 atom stereocenters. The van der Waals surface area contributed by atoms with Crippen molar-refractivity contribution in [2.75, 3.05) is 23.9 Å². The number of sulfone groups is 1. The van der Waals surface area contributed by atoms with Gasteiger partial charge in [-0.3, -0.25) is 0 Å². The van der Waals surface area contributed by atoms with Gasteiger partial charge in [0.2, 0.25) is 5.95 Å². The summed E-state index contributed by atoms with van der Waals surface area (Å²) in [6.45, 7) is 9.85. The molecule has 4 aromatic rings. The third kappa shape index (κ3) is 6.65. The second kappa shape index (κ2) is 11.6. The molecule has 0 fully saturated rings. The molecule has 2 heterocycles. The number of aromatic nitrogens is 3. The zero-order chi connectivity index (χ0) is 27.0. The van der Waals surface area contributed by atoms with Crippen molar-refractivity contribution in [1.82, 2.24) is 14.5 Å². The Hall–Kier alpha value is -2.69. The SMILES string of the molecule is Cc1cnc(Nc2cccc(S(C)(=O)=O)c2F)nc1-c1cn(COCC[Si](C)(C)C)c2c(N)cccc12.[LiH]. The first-order valence-corrected chi connectivity index (χ1v) is 17.5. The number of nitrogen functional groups attached to an aromatic ring is 1. The average Bonchev–Trinajstić information content (AvgIpc) is 3.17. The molecule has 0 saturated carbocycles. The first-order valence-electron chi connectivity index (χ1n) is 11.9. The van der Waals surface area contributed by atoms with E-state index in [1.54, 1.807) is 6.20 Å². The van der Waals surface area contributed by atoms with Crippen LogP contribution in [0.4, 0.5) is 21.7 Å². The van der Waals surface area contributed by atoms with Gasteiger partial charge >= 0.3 is 18.9 Å². The molecular formula is C26H33FLiN5O3SSi. The van der Waals surface area contributed by atoms with Crippen LogP contribution in [0.3, 0.4) is 0 Å². The number of fused-ring (bicyclic) bond motifs is 1. The number of anilines is 3. The molecule has 0 saturated heterocycles. The zero-order valence-corrected chi connectivity index (χ0v) is 23.5. The second-order valence-corrected chi connectivity index (χ2v) is 17.9. The molecule has 0 amide bonds. The minimum atomic E-state index is -3.73. The van der Waals surface area contributed by atoms with E-state index < -0.39 is 28.6 Å². The topological polar surface area (TPSA) is 112 Å². The quantitative estimate of drug-likeness (QED) is 0.173. The van der Waals surface area contributed by atoms with Crippen molar-refractivity contribution in [3.63, 3.8) is 0 Å². The summed E-state index contributed by atoms with van der Waals surface area (Å²) in [5.41, 5.74) is 10.1. The number of hydrogen-bond donors (Lipinski definition) is 2. The molecule has 8 nitrogen and oxygen atoms in total. The van der Waals surface area contributed by atoms with Gasteiger partial charge in [0.05, 0.1) is 22.6 Å². The summed E-state index contributed by atoms with van der Waals surface area (Å²) in [5.74, 6) is -0.739. The Kier molecular flexibility index (Phi) is 9.11. The number of nitrogens with two attached hydrogens (primary N) is 1. The molecule has 38 heavy (non-hydrogen) atoms. The van der Waals surface area contributed by atoms with Gasteiger partial charge in [-0.1, -0.05) is 37.8 Å². The van der Waals surface area contributed by atoms with Crippen LogP contribution in [0.15, 0.2) is 53.7 Å². The fourth-order valence-corrected chi connectivity index (χ4v) is 5.53. The fraction of sp³-hybridized carbons (Fsp3) is 0.308. The van der Waals surface area contributed by atoms with Crippen LogP contribution in [0.1, 0.15) is 5.56 Å². The minimum absolute atomic E-state index is 0. The Morgan fingerprint density at radius 2 is 1.87 bits per heavy atom. The van der Waals surface area contributed by atoms with E-state index in [-0.39, 0.29) is 30.5 Å². The van der Waals surface area contributed by atoms with Gasteiger partial charge in [0.15, 0.2) is 15.7 Å². The number of nitrogens with zero attached hydrogens (tertiary/aromatic N) is 3. The molecule has 4 rings (SSSR count). The van der Waals surface area contributed by atoms with Crippen LogP contribution < -0.4 is 11.1 Å². The molecule has 12 heteroatoms. The van der Waals surface area contributed by atoms with E-state index in [1.807, 2.05) is 35.9 Å². The van der Waals surface area contributed by atoms with Gasteiger partial charge < -0.3 is 20.4 Å². The maximum absolute atomic E-state index is 14.9. The Morgan fingerprint density at radius 1 is 1.16 bits per heavy atom. The third-order valence-electron chi connectivity index (χ3n) is 5.99. The van der Waals surface area contributed by atoms with Gasteiger partial charge in [0.1, 0.15) is 11.6 Å². The Morgan fingerprint density at radius 3 is 2.55 bits per heavy atom. The summed E-state index contributed by atoms with van der Waals surface area (Å²) in [6.07, 6.45) is 4.56. The molecule has 0 aliphatic heterocycles. The number of para-hydroxylation sites is 1. The van der Waals surface area contributed by atoms with Crippen molar-refractivity contribution < 1.29 is 17.5 Å². The molecule has 0 spiro atoms. The van der Waals surface area contributed by atoms with Crippen molar-refractivity contribution in [3.8, 4) is 11.3 Å². The average molecular weight is 550 g/mol. The van der Waals surface area contributed by atoms with E-state index in [4.69, 9.17) is 10.5 Å². The Balaban J connectivity index is 0.00000400. The molecule has 0 radical (unpaired) electrons. The van der Waals surface area contributed by atoms with Crippen molar-refractivity contribution in [1.29, 1.82) is 0 Å². The molecular weight excluding hydrogens is 516 g/mol. The number of hydrogen-bond acceptors (Lipinski definition) is 7. The van der Waals surface area contributed by atoms with Crippen LogP contribution in [0, 0.1) is 12.7 Å². The predicted molar refractivity (Wildman–Crippen MR) is 156 cm³/mol. The number of aryl methyl sites for hydroxylation is 1. The van der Waals surface area contributed by atoms with E-state index in [0.29, 0.717) is 24.7 Å². The van der Waals surface area contributed by atoms with Crippen LogP contribution in [0.5, 0.6) is 0 Å². The first-order chi connectivity index (χ1) is 17.3. The Bertz CT molecular complexity index is 1570. The predicted octanol–water partition coefficient (Wildman–Crippen LogP) is 4.94. The summed E-state index contributed by atoms with van der Waals surface area (Å²) in [7, 11) is -4.94. The number of nitrogens with one attached hydrogen (secondary N) is 1. The summed E-state index contributed by atoms with van der Waals surface area (Å²) < 4.78 is 46.7. The molecule has 2 aromatic carbocycles. The van der Waals surface area contributed by atoms with Gasteiger partial charge in [-0.25, -0.2) is 22.8 Å². The third-order valence-corrected chi connectivity index (χ3v) is 8.81. The Labute approximate surface area is 235 Å². The first kappa shape index (κ1) is 29.9. The van der Waals surface area contributed by atoms with Gasteiger partial charge in [0, 0.05) is 44.3 Å². The number of benzene rings is 2. The van der Waals surface area contributed by atoms with Crippen LogP contribution in [-0.4, -0.2) is 62.7 Å².